The maximum atomic E-state index is 13.5. The molecule has 1 fully saturated rings. The molecule has 0 spiro atoms. The molecule has 37 heavy (non-hydrogen) atoms. The van der Waals surface area contributed by atoms with E-state index in [2.05, 4.69) is 63.7 Å². The summed E-state index contributed by atoms with van der Waals surface area (Å²) >= 11 is 0. The summed E-state index contributed by atoms with van der Waals surface area (Å²) in [5, 5.41) is 10.2. The van der Waals surface area contributed by atoms with Crippen LogP contribution in [0.4, 0.5) is 5.95 Å². The Morgan fingerprint density at radius 3 is 2.41 bits per heavy atom. The summed E-state index contributed by atoms with van der Waals surface area (Å²) in [5.41, 5.74) is 4.95. The van der Waals surface area contributed by atoms with Crippen LogP contribution < -0.4 is 4.90 Å². The molecule has 1 amide bonds. The Labute approximate surface area is 216 Å². The molecule has 0 aliphatic carbocycles. The molecule has 0 N–H and O–H groups in total. The van der Waals surface area contributed by atoms with Crippen molar-refractivity contribution in [3.05, 3.63) is 90.0 Å². The number of aryl methyl sites for hydroxylation is 1. The van der Waals surface area contributed by atoms with Gasteiger partial charge in [-0.25, -0.2) is 9.38 Å². The average Bonchev–Trinajstić information content (AvgIpc) is 3.39. The number of aromatic nitrogens is 4. The molecule has 3 aromatic carbocycles. The van der Waals surface area contributed by atoms with Gasteiger partial charge in [-0.15, -0.1) is 10.2 Å². The number of fused-ring (bicyclic) bond motifs is 3. The van der Waals surface area contributed by atoms with Gasteiger partial charge in [0, 0.05) is 37.1 Å². The fraction of sp³-hybridized carbons (Fsp3) is 0.267. The number of carbonyl (C=O) groups is 1. The second-order valence-electron chi connectivity index (χ2n) is 9.66. The van der Waals surface area contributed by atoms with Gasteiger partial charge in [-0.1, -0.05) is 73.2 Å². The number of amides is 1. The predicted octanol–water partition coefficient (Wildman–Crippen LogP) is 5.10. The first-order valence-corrected chi connectivity index (χ1v) is 12.9. The Kier molecular flexibility index (Phi) is 6.04. The normalized spacial score (nSPS) is 14.9. The number of benzene rings is 3. The van der Waals surface area contributed by atoms with Gasteiger partial charge < -0.3 is 9.80 Å². The van der Waals surface area contributed by atoms with Crippen LogP contribution in [0.3, 0.4) is 0 Å². The van der Waals surface area contributed by atoms with Gasteiger partial charge in [0.1, 0.15) is 0 Å². The lowest BCUT2D eigenvalue weighted by Crippen LogP contribution is -2.50. The van der Waals surface area contributed by atoms with E-state index in [0.29, 0.717) is 26.2 Å². The van der Waals surface area contributed by atoms with E-state index in [4.69, 9.17) is 4.98 Å². The van der Waals surface area contributed by atoms with E-state index in [1.807, 2.05) is 53.4 Å². The maximum absolute atomic E-state index is 13.5. The van der Waals surface area contributed by atoms with Crippen molar-refractivity contribution in [2.24, 2.45) is 0 Å². The van der Waals surface area contributed by atoms with E-state index < -0.39 is 0 Å². The van der Waals surface area contributed by atoms with Crippen molar-refractivity contribution in [1.29, 1.82) is 0 Å². The summed E-state index contributed by atoms with van der Waals surface area (Å²) in [4.78, 5) is 22.8. The standard InChI is InChI=1S/C30H30N6O/c1-3-24(22-11-5-4-6-12-22)29(37)34-16-18-35(19-17-34)30-31-26-15-8-7-14-25(26)28-33-32-27(36(28)30)23-13-9-10-21(2)20-23/h4-15,20,24H,3,16-19H2,1-2H3. The van der Waals surface area contributed by atoms with E-state index in [0.717, 1.165) is 45.9 Å². The first kappa shape index (κ1) is 23.2. The van der Waals surface area contributed by atoms with Gasteiger partial charge in [0.25, 0.3) is 0 Å². The second kappa shape index (κ2) is 9.65. The lowest BCUT2D eigenvalue weighted by atomic mass is 9.95. The van der Waals surface area contributed by atoms with Crippen molar-refractivity contribution in [1.82, 2.24) is 24.5 Å². The molecule has 1 saturated heterocycles. The summed E-state index contributed by atoms with van der Waals surface area (Å²) in [5.74, 6) is 1.69. The largest absolute Gasteiger partial charge is 0.339 e. The van der Waals surface area contributed by atoms with Crippen LogP contribution in [-0.2, 0) is 4.79 Å². The number of hydrogen-bond donors (Lipinski definition) is 0. The van der Waals surface area contributed by atoms with E-state index in [-0.39, 0.29) is 11.8 Å². The molecule has 186 valence electrons. The molecule has 2 aromatic heterocycles. The Hall–Kier alpha value is -4.26. The van der Waals surface area contributed by atoms with Crippen molar-refractivity contribution in [3.63, 3.8) is 0 Å². The van der Waals surface area contributed by atoms with Crippen LogP contribution in [0.5, 0.6) is 0 Å². The quantitative estimate of drug-likeness (QED) is 0.343. The average molecular weight is 491 g/mol. The number of carbonyl (C=O) groups excluding carboxylic acids is 1. The molecule has 1 aliphatic rings. The molecule has 1 aliphatic heterocycles. The number of anilines is 1. The SMILES string of the molecule is CCC(C(=O)N1CCN(c2nc3ccccc3c3nnc(-c4cccc(C)c4)n23)CC1)c1ccccc1. The van der Waals surface area contributed by atoms with E-state index in [1.54, 1.807) is 0 Å². The highest BCUT2D eigenvalue weighted by Gasteiger charge is 2.29. The monoisotopic (exact) mass is 490 g/mol. The van der Waals surface area contributed by atoms with Gasteiger partial charge in [0.2, 0.25) is 11.9 Å². The summed E-state index contributed by atoms with van der Waals surface area (Å²) in [6.07, 6.45) is 0.788. The predicted molar refractivity (Wildman–Crippen MR) is 147 cm³/mol. The Morgan fingerprint density at radius 1 is 0.892 bits per heavy atom. The smallest absolute Gasteiger partial charge is 0.230 e. The van der Waals surface area contributed by atoms with E-state index in [1.165, 1.54) is 5.56 Å². The van der Waals surface area contributed by atoms with Crippen LogP contribution in [0.25, 0.3) is 27.9 Å². The van der Waals surface area contributed by atoms with Gasteiger partial charge in [-0.2, -0.15) is 0 Å². The Balaban J connectivity index is 1.34. The zero-order valence-corrected chi connectivity index (χ0v) is 21.2. The lowest BCUT2D eigenvalue weighted by molar-refractivity contribution is -0.133. The Bertz CT molecular complexity index is 1570. The molecule has 6 rings (SSSR count). The van der Waals surface area contributed by atoms with Gasteiger partial charge >= 0.3 is 0 Å². The minimum atomic E-state index is -0.107. The highest BCUT2D eigenvalue weighted by Crippen LogP contribution is 2.30. The van der Waals surface area contributed by atoms with Crippen LogP contribution >= 0.6 is 0 Å². The fourth-order valence-corrected chi connectivity index (χ4v) is 5.33. The third-order valence-electron chi connectivity index (χ3n) is 7.29. The van der Waals surface area contributed by atoms with Crippen molar-refractivity contribution in [3.8, 4) is 11.4 Å². The second-order valence-corrected chi connectivity index (χ2v) is 9.66. The number of nitrogens with zero attached hydrogens (tertiary/aromatic N) is 6. The lowest BCUT2D eigenvalue weighted by Gasteiger charge is -2.37. The van der Waals surface area contributed by atoms with Crippen LogP contribution in [0.15, 0.2) is 78.9 Å². The van der Waals surface area contributed by atoms with Gasteiger partial charge in [-0.05, 0) is 37.1 Å². The maximum Gasteiger partial charge on any atom is 0.230 e. The van der Waals surface area contributed by atoms with Crippen molar-refractivity contribution < 1.29 is 4.79 Å². The van der Waals surface area contributed by atoms with Gasteiger partial charge in [-0.3, -0.25) is 4.79 Å². The molecule has 0 bridgehead atoms. The van der Waals surface area contributed by atoms with Crippen LogP contribution in [0, 0.1) is 6.92 Å². The van der Waals surface area contributed by atoms with E-state index in [9.17, 15) is 4.79 Å². The van der Waals surface area contributed by atoms with Crippen LogP contribution in [-0.4, -0.2) is 56.6 Å². The minimum absolute atomic E-state index is 0.107. The summed E-state index contributed by atoms with van der Waals surface area (Å²) in [7, 11) is 0. The molecule has 0 saturated carbocycles. The molecular formula is C30H30N6O. The highest BCUT2D eigenvalue weighted by molar-refractivity contribution is 5.93. The summed E-state index contributed by atoms with van der Waals surface area (Å²) in [6.45, 7) is 6.86. The zero-order chi connectivity index (χ0) is 25.4. The number of rotatable bonds is 5. The third kappa shape index (κ3) is 4.20. The van der Waals surface area contributed by atoms with Crippen molar-refractivity contribution in [2.45, 2.75) is 26.2 Å². The number of piperazine rings is 1. The summed E-state index contributed by atoms with van der Waals surface area (Å²) < 4.78 is 2.08. The first-order valence-electron chi connectivity index (χ1n) is 12.9. The van der Waals surface area contributed by atoms with Gasteiger partial charge in [0.15, 0.2) is 11.5 Å². The molecule has 0 radical (unpaired) electrons. The molecule has 5 aromatic rings. The topological polar surface area (TPSA) is 66.6 Å². The summed E-state index contributed by atoms with van der Waals surface area (Å²) in [6, 6.07) is 26.5. The molecule has 1 atom stereocenters. The molecule has 7 nitrogen and oxygen atoms in total. The fourth-order valence-electron chi connectivity index (χ4n) is 5.33. The van der Waals surface area contributed by atoms with Crippen LogP contribution in [0.1, 0.15) is 30.4 Å². The molecular weight excluding hydrogens is 460 g/mol. The van der Waals surface area contributed by atoms with Crippen molar-refractivity contribution in [2.75, 3.05) is 31.1 Å². The number of para-hydroxylation sites is 1. The van der Waals surface area contributed by atoms with Gasteiger partial charge in [0.05, 0.1) is 11.4 Å². The molecule has 7 heteroatoms. The zero-order valence-electron chi connectivity index (χ0n) is 21.2. The number of hydrogen-bond acceptors (Lipinski definition) is 5. The Morgan fingerprint density at radius 2 is 1.65 bits per heavy atom. The van der Waals surface area contributed by atoms with Crippen LogP contribution in [0.2, 0.25) is 0 Å². The van der Waals surface area contributed by atoms with Crippen molar-refractivity contribution >= 4 is 28.4 Å². The first-order chi connectivity index (χ1) is 18.1. The molecule has 1 unspecified atom stereocenters. The third-order valence-corrected chi connectivity index (χ3v) is 7.29. The molecule has 3 heterocycles. The highest BCUT2D eigenvalue weighted by atomic mass is 16.2. The van der Waals surface area contributed by atoms with E-state index >= 15 is 0 Å². The minimum Gasteiger partial charge on any atom is -0.339 e.